The van der Waals surface area contributed by atoms with Crippen molar-refractivity contribution >= 4 is 17.4 Å². The zero-order valence-corrected chi connectivity index (χ0v) is 11.8. The predicted molar refractivity (Wildman–Crippen MR) is 80.1 cm³/mol. The molecule has 0 unspecified atom stereocenters. The Morgan fingerprint density at radius 3 is 3.00 bits per heavy atom. The van der Waals surface area contributed by atoms with E-state index in [9.17, 15) is 0 Å². The maximum absolute atomic E-state index is 6.32. The fraction of sp³-hybridized carbons (Fsp3) is 0.267. The van der Waals surface area contributed by atoms with Gasteiger partial charge in [-0.25, -0.2) is 4.98 Å². The Balaban J connectivity index is 1.91. The third kappa shape index (κ3) is 2.57. The summed E-state index contributed by atoms with van der Waals surface area (Å²) in [5.41, 5.74) is 7.68. The van der Waals surface area contributed by atoms with Crippen molar-refractivity contribution in [1.82, 2.24) is 4.98 Å². The molecule has 4 nitrogen and oxygen atoms in total. The van der Waals surface area contributed by atoms with Crippen LogP contribution in [0.3, 0.4) is 0 Å². The normalized spacial score (nSPS) is 14.4. The highest BCUT2D eigenvalue weighted by Gasteiger charge is 2.18. The highest BCUT2D eigenvalue weighted by molar-refractivity contribution is 6.33. The van der Waals surface area contributed by atoms with Gasteiger partial charge in [-0.15, -0.1) is 0 Å². The van der Waals surface area contributed by atoms with E-state index in [0.717, 1.165) is 35.8 Å². The number of hydrogen-bond donors (Lipinski definition) is 1. The van der Waals surface area contributed by atoms with Gasteiger partial charge in [0.15, 0.2) is 0 Å². The van der Waals surface area contributed by atoms with Crippen molar-refractivity contribution in [2.45, 2.75) is 13.1 Å². The summed E-state index contributed by atoms with van der Waals surface area (Å²) in [6.45, 7) is 2.56. The minimum absolute atomic E-state index is 0.443. The van der Waals surface area contributed by atoms with E-state index in [2.05, 4.69) is 16.0 Å². The van der Waals surface area contributed by atoms with E-state index in [-0.39, 0.29) is 0 Å². The minimum atomic E-state index is 0.443. The van der Waals surface area contributed by atoms with Crippen LogP contribution in [-0.4, -0.2) is 18.1 Å². The van der Waals surface area contributed by atoms with Crippen molar-refractivity contribution in [2.24, 2.45) is 5.73 Å². The second kappa shape index (κ2) is 5.69. The molecule has 0 spiro atoms. The van der Waals surface area contributed by atoms with Gasteiger partial charge >= 0.3 is 0 Å². The van der Waals surface area contributed by atoms with Crippen molar-refractivity contribution in [2.75, 3.05) is 18.1 Å². The summed E-state index contributed by atoms with van der Waals surface area (Å²) >= 11 is 6.32. The Morgan fingerprint density at radius 2 is 2.20 bits per heavy atom. The molecule has 1 aliphatic rings. The van der Waals surface area contributed by atoms with Crippen LogP contribution in [0.25, 0.3) is 0 Å². The third-order valence-corrected chi connectivity index (χ3v) is 3.64. The lowest BCUT2D eigenvalue weighted by molar-refractivity contribution is 0.331. The number of fused-ring (bicyclic) bond motifs is 1. The molecule has 0 bridgehead atoms. The fourth-order valence-electron chi connectivity index (χ4n) is 2.32. The van der Waals surface area contributed by atoms with Crippen molar-refractivity contribution in [3.8, 4) is 5.75 Å². The molecule has 0 radical (unpaired) electrons. The first kappa shape index (κ1) is 13.2. The van der Waals surface area contributed by atoms with Gasteiger partial charge in [-0.05, 0) is 17.7 Å². The van der Waals surface area contributed by atoms with E-state index in [1.54, 1.807) is 6.20 Å². The molecule has 0 aliphatic carbocycles. The number of aromatic nitrogens is 1. The number of hydrogen-bond acceptors (Lipinski definition) is 4. The Hall–Kier alpha value is -1.78. The number of benzene rings is 1. The van der Waals surface area contributed by atoms with Gasteiger partial charge in [0.2, 0.25) is 0 Å². The molecule has 2 N–H and O–H groups in total. The Kier molecular flexibility index (Phi) is 3.76. The van der Waals surface area contributed by atoms with Crippen LogP contribution in [0.2, 0.25) is 5.02 Å². The second-order valence-corrected chi connectivity index (χ2v) is 5.14. The smallest absolute Gasteiger partial charge is 0.147 e. The summed E-state index contributed by atoms with van der Waals surface area (Å²) in [6, 6.07) is 9.93. The maximum Gasteiger partial charge on any atom is 0.147 e. The van der Waals surface area contributed by atoms with Gasteiger partial charge < -0.3 is 15.4 Å². The van der Waals surface area contributed by atoms with Crippen LogP contribution in [0, 0.1) is 0 Å². The van der Waals surface area contributed by atoms with Crippen LogP contribution in [0.15, 0.2) is 36.5 Å². The van der Waals surface area contributed by atoms with Crippen molar-refractivity contribution < 1.29 is 4.74 Å². The molecule has 0 saturated heterocycles. The van der Waals surface area contributed by atoms with E-state index < -0.39 is 0 Å². The molecule has 1 aromatic heterocycles. The van der Waals surface area contributed by atoms with Crippen LogP contribution >= 0.6 is 11.6 Å². The lowest BCUT2D eigenvalue weighted by Gasteiger charge is -2.22. The largest absolute Gasteiger partial charge is 0.491 e. The molecule has 2 aromatic rings. The van der Waals surface area contributed by atoms with Crippen LogP contribution < -0.4 is 15.4 Å². The van der Waals surface area contributed by atoms with Crippen LogP contribution in [-0.2, 0) is 13.1 Å². The Labute approximate surface area is 123 Å². The molecule has 5 heteroatoms. The van der Waals surface area contributed by atoms with Crippen molar-refractivity contribution in [3.05, 3.63) is 52.7 Å². The Morgan fingerprint density at radius 1 is 1.35 bits per heavy atom. The van der Waals surface area contributed by atoms with E-state index in [1.165, 1.54) is 0 Å². The molecule has 3 rings (SSSR count). The molecular weight excluding hydrogens is 274 g/mol. The molecule has 0 fully saturated rings. The van der Waals surface area contributed by atoms with E-state index in [4.69, 9.17) is 22.1 Å². The lowest BCUT2D eigenvalue weighted by atomic mass is 10.2. The SMILES string of the molecule is NCc1cnc(N2CCOc3ccccc3C2)c(Cl)c1. The lowest BCUT2D eigenvalue weighted by Crippen LogP contribution is -2.26. The number of anilines is 1. The van der Waals surface area contributed by atoms with Gasteiger partial charge in [-0.1, -0.05) is 29.8 Å². The summed E-state index contributed by atoms with van der Waals surface area (Å²) in [7, 11) is 0. The van der Waals surface area contributed by atoms with E-state index >= 15 is 0 Å². The van der Waals surface area contributed by atoms with Gasteiger partial charge in [0, 0.05) is 24.8 Å². The number of rotatable bonds is 2. The first-order chi connectivity index (χ1) is 9.78. The molecule has 2 heterocycles. The number of halogens is 1. The second-order valence-electron chi connectivity index (χ2n) is 4.73. The number of para-hydroxylation sites is 1. The molecule has 1 aromatic carbocycles. The average Bonchev–Trinajstić information content (AvgIpc) is 2.69. The van der Waals surface area contributed by atoms with Crippen LogP contribution in [0.1, 0.15) is 11.1 Å². The van der Waals surface area contributed by atoms with E-state index in [1.807, 2.05) is 24.3 Å². The molecule has 0 amide bonds. The molecule has 0 saturated carbocycles. The molecule has 104 valence electrons. The predicted octanol–water partition coefficient (Wildman–Crippen LogP) is 2.59. The Bertz CT molecular complexity index is 618. The fourth-order valence-corrected chi connectivity index (χ4v) is 2.63. The van der Waals surface area contributed by atoms with Gasteiger partial charge in [0.1, 0.15) is 18.2 Å². The van der Waals surface area contributed by atoms with Crippen LogP contribution in [0.4, 0.5) is 5.82 Å². The van der Waals surface area contributed by atoms with Gasteiger partial charge in [0.25, 0.3) is 0 Å². The summed E-state index contributed by atoms with van der Waals surface area (Å²) in [6.07, 6.45) is 1.78. The van der Waals surface area contributed by atoms with E-state index in [0.29, 0.717) is 18.2 Å². The highest BCUT2D eigenvalue weighted by atomic mass is 35.5. The first-order valence-electron chi connectivity index (χ1n) is 6.58. The average molecular weight is 290 g/mol. The highest BCUT2D eigenvalue weighted by Crippen LogP contribution is 2.29. The maximum atomic E-state index is 6.32. The molecular formula is C15H16ClN3O. The standard InChI is InChI=1S/C15H16ClN3O/c16-13-7-11(8-17)9-18-15(13)19-5-6-20-14-4-2-1-3-12(14)10-19/h1-4,7,9H,5-6,8,10,17H2. The quantitative estimate of drug-likeness (QED) is 0.923. The van der Waals surface area contributed by atoms with Gasteiger partial charge in [0.05, 0.1) is 11.6 Å². The first-order valence-corrected chi connectivity index (χ1v) is 6.96. The topological polar surface area (TPSA) is 51.4 Å². The van der Waals surface area contributed by atoms with Crippen molar-refractivity contribution in [3.63, 3.8) is 0 Å². The molecule has 1 aliphatic heterocycles. The molecule has 0 atom stereocenters. The summed E-state index contributed by atoms with van der Waals surface area (Å²) < 4.78 is 5.75. The third-order valence-electron chi connectivity index (χ3n) is 3.37. The number of nitrogens with two attached hydrogens (primary N) is 1. The van der Waals surface area contributed by atoms with Crippen LogP contribution in [0.5, 0.6) is 5.75 Å². The van der Waals surface area contributed by atoms with Crippen molar-refractivity contribution in [1.29, 1.82) is 0 Å². The summed E-state index contributed by atoms with van der Waals surface area (Å²) in [4.78, 5) is 6.58. The number of pyridine rings is 1. The van der Waals surface area contributed by atoms with Gasteiger partial charge in [-0.3, -0.25) is 0 Å². The monoisotopic (exact) mass is 289 g/mol. The summed E-state index contributed by atoms with van der Waals surface area (Å²) in [5.74, 6) is 1.72. The van der Waals surface area contributed by atoms with Gasteiger partial charge in [-0.2, -0.15) is 0 Å². The molecule has 20 heavy (non-hydrogen) atoms. The number of nitrogens with zero attached hydrogens (tertiary/aromatic N) is 2. The zero-order chi connectivity index (χ0) is 13.9. The minimum Gasteiger partial charge on any atom is -0.491 e. The zero-order valence-electron chi connectivity index (χ0n) is 11.1. The number of ether oxygens (including phenoxy) is 1. The summed E-state index contributed by atoms with van der Waals surface area (Å²) in [5, 5.41) is 0.632.